The Kier molecular flexibility index (Phi) is 6.45. The molecule has 2 aromatic rings. The summed E-state index contributed by atoms with van der Waals surface area (Å²) < 4.78 is 14.3. The average Bonchev–Trinajstić information content (AvgIpc) is 2.93. The Labute approximate surface area is 137 Å². The van der Waals surface area contributed by atoms with Crippen molar-refractivity contribution in [3.05, 3.63) is 55.5 Å². The van der Waals surface area contributed by atoms with Gasteiger partial charge >= 0.3 is 0 Å². The van der Waals surface area contributed by atoms with Gasteiger partial charge in [-0.15, -0.1) is 11.3 Å². The molecular formula is C16H19FINS. The number of thiophene rings is 1. The van der Waals surface area contributed by atoms with Crippen molar-refractivity contribution in [1.82, 2.24) is 5.32 Å². The maximum Gasteiger partial charge on any atom is 0.124 e. The minimum absolute atomic E-state index is 0.161. The monoisotopic (exact) mass is 403 g/mol. The lowest BCUT2D eigenvalue weighted by Crippen LogP contribution is -2.23. The summed E-state index contributed by atoms with van der Waals surface area (Å²) in [7, 11) is 0. The first-order chi connectivity index (χ1) is 9.70. The molecule has 0 radical (unpaired) electrons. The van der Waals surface area contributed by atoms with Crippen LogP contribution in [0.5, 0.6) is 0 Å². The van der Waals surface area contributed by atoms with Crippen LogP contribution in [-0.2, 0) is 6.42 Å². The highest BCUT2D eigenvalue weighted by Crippen LogP contribution is 2.26. The van der Waals surface area contributed by atoms with Gasteiger partial charge in [-0.2, -0.15) is 0 Å². The number of halogens is 2. The fraction of sp³-hybridized carbons (Fsp3) is 0.375. The van der Waals surface area contributed by atoms with E-state index >= 15 is 0 Å². The van der Waals surface area contributed by atoms with Crippen LogP contribution in [0.2, 0.25) is 0 Å². The third-order valence-corrected chi connectivity index (χ3v) is 5.11. The first kappa shape index (κ1) is 15.9. The molecule has 1 heterocycles. The van der Waals surface area contributed by atoms with E-state index in [-0.39, 0.29) is 5.82 Å². The number of benzene rings is 1. The van der Waals surface area contributed by atoms with Gasteiger partial charge in [-0.25, -0.2) is 4.39 Å². The minimum Gasteiger partial charge on any atom is -0.310 e. The number of nitrogens with one attached hydrogen (secondary N) is 1. The van der Waals surface area contributed by atoms with Gasteiger partial charge in [0, 0.05) is 14.5 Å². The van der Waals surface area contributed by atoms with Crippen LogP contribution in [0.1, 0.15) is 36.2 Å². The highest BCUT2D eigenvalue weighted by atomic mass is 127. The predicted octanol–water partition coefficient (Wildman–Crippen LogP) is 5.17. The molecule has 0 aliphatic heterocycles. The van der Waals surface area contributed by atoms with Gasteiger partial charge in [-0.3, -0.25) is 0 Å². The second kappa shape index (κ2) is 8.10. The quantitative estimate of drug-likeness (QED) is 0.630. The zero-order chi connectivity index (χ0) is 14.4. The largest absolute Gasteiger partial charge is 0.310 e. The number of hydrogen-bond donors (Lipinski definition) is 1. The molecule has 108 valence electrons. The van der Waals surface area contributed by atoms with Gasteiger partial charge in [-0.05, 0) is 77.5 Å². The summed E-state index contributed by atoms with van der Waals surface area (Å²) >= 11 is 4.03. The summed E-state index contributed by atoms with van der Waals surface area (Å²) in [6, 6.07) is 9.65. The lowest BCUT2D eigenvalue weighted by molar-refractivity contribution is 0.497. The second-order valence-electron chi connectivity index (χ2n) is 4.79. The molecule has 2 rings (SSSR count). The Morgan fingerprint density at radius 2 is 2.20 bits per heavy atom. The molecule has 0 saturated carbocycles. The minimum atomic E-state index is -0.161. The lowest BCUT2D eigenvalue weighted by atomic mass is 10.0. The SMILES string of the molecule is CCCNC(CCc1cccs1)c1ccc(F)cc1I. The molecule has 4 heteroatoms. The van der Waals surface area contributed by atoms with Crippen molar-refractivity contribution < 1.29 is 4.39 Å². The molecule has 0 aliphatic carbocycles. The Morgan fingerprint density at radius 1 is 1.35 bits per heavy atom. The van der Waals surface area contributed by atoms with E-state index in [2.05, 4.69) is 52.3 Å². The first-order valence-corrected chi connectivity index (χ1v) is 8.87. The molecule has 1 aromatic carbocycles. The molecule has 1 unspecified atom stereocenters. The van der Waals surface area contributed by atoms with E-state index in [1.54, 1.807) is 23.5 Å². The fourth-order valence-corrected chi connectivity index (χ4v) is 3.79. The van der Waals surface area contributed by atoms with Crippen LogP contribution >= 0.6 is 33.9 Å². The standard InChI is InChI=1S/C16H19FINS/c1-2-9-19-16(8-6-13-4-3-10-20-13)14-7-5-12(17)11-15(14)18/h3-5,7,10-11,16,19H,2,6,8-9H2,1H3. The highest BCUT2D eigenvalue weighted by Gasteiger charge is 2.14. The normalized spacial score (nSPS) is 12.6. The molecule has 0 amide bonds. The molecule has 0 aliphatic rings. The van der Waals surface area contributed by atoms with Gasteiger partial charge in [0.2, 0.25) is 0 Å². The van der Waals surface area contributed by atoms with Crippen LogP contribution in [0.25, 0.3) is 0 Å². The third kappa shape index (κ3) is 4.53. The molecular weight excluding hydrogens is 384 g/mol. The van der Waals surface area contributed by atoms with Crippen LogP contribution in [0.15, 0.2) is 35.7 Å². The number of hydrogen-bond acceptors (Lipinski definition) is 2. The van der Waals surface area contributed by atoms with Crippen molar-refractivity contribution in [2.75, 3.05) is 6.54 Å². The summed E-state index contributed by atoms with van der Waals surface area (Å²) in [6.45, 7) is 3.15. The van der Waals surface area contributed by atoms with E-state index in [1.807, 2.05) is 6.07 Å². The zero-order valence-electron chi connectivity index (χ0n) is 11.5. The molecule has 20 heavy (non-hydrogen) atoms. The molecule has 1 aromatic heterocycles. The Hall–Kier alpha value is -0.460. The van der Waals surface area contributed by atoms with E-state index in [0.717, 1.165) is 29.4 Å². The summed E-state index contributed by atoms with van der Waals surface area (Å²) in [5.74, 6) is -0.161. The smallest absolute Gasteiger partial charge is 0.124 e. The molecule has 0 bridgehead atoms. The van der Waals surface area contributed by atoms with Crippen LogP contribution in [0.3, 0.4) is 0 Å². The zero-order valence-corrected chi connectivity index (χ0v) is 14.5. The Balaban J connectivity index is 2.09. The van der Waals surface area contributed by atoms with Gasteiger partial charge in [0.1, 0.15) is 5.82 Å². The molecule has 1 atom stereocenters. The summed E-state index contributed by atoms with van der Waals surface area (Å²) in [5.41, 5.74) is 1.21. The van der Waals surface area contributed by atoms with E-state index in [0.29, 0.717) is 6.04 Å². The van der Waals surface area contributed by atoms with Crippen LogP contribution in [0.4, 0.5) is 4.39 Å². The summed E-state index contributed by atoms with van der Waals surface area (Å²) in [5, 5.41) is 5.70. The number of rotatable bonds is 7. The molecule has 0 spiro atoms. The van der Waals surface area contributed by atoms with E-state index in [1.165, 1.54) is 10.4 Å². The van der Waals surface area contributed by atoms with Crippen molar-refractivity contribution in [3.63, 3.8) is 0 Å². The molecule has 0 fully saturated rings. The summed E-state index contributed by atoms with van der Waals surface area (Å²) in [4.78, 5) is 1.41. The van der Waals surface area contributed by atoms with Crippen molar-refractivity contribution in [3.8, 4) is 0 Å². The van der Waals surface area contributed by atoms with Gasteiger partial charge in [-0.1, -0.05) is 19.1 Å². The lowest BCUT2D eigenvalue weighted by Gasteiger charge is -2.20. The van der Waals surface area contributed by atoms with Crippen molar-refractivity contribution in [2.45, 2.75) is 32.2 Å². The molecule has 1 nitrogen and oxygen atoms in total. The maximum absolute atomic E-state index is 13.2. The van der Waals surface area contributed by atoms with Crippen molar-refractivity contribution >= 4 is 33.9 Å². The van der Waals surface area contributed by atoms with Gasteiger partial charge in [0.15, 0.2) is 0 Å². The predicted molar refractivity (Wildman–Crippen MR) is 92.8 cm³/mol. The number of aryl methyl sites for hydroxylation is 1. The van der Waals surface area contributed by atoms with E-state index in [4.69, 9.17) is 0 Å². The first-order valence-electron chi connectivity index (χ1n) is 6.91. The average molecular weight is 403 g/mol. The highest BCUT2D eigenvalue weighted by molar-refractivity contribution is 14.1. The topological polar surface area (TPSA) is 12.0 Å². The van der Waals surface area contributed by atoms with Crippen LogP contribution in [0, 0.1) is 9.39 Å². The van der Waals surface area contributed by atoms with E-state index in [9.17, 15) is 4.39 Å². The third-order valence-electron chi connectivity index (χ3n) is 3.24. The molecule has 1 N–H and O–H groups in total. The van der Waals surface area contributed by atoms with E-state index < -0.39 is 0 Å². The van der Waals surface area contributed by atoms with Gasteiger partial charge in [0.25, 0.3) is 0 Å². The molecule has 0 saturated heterocycles. The van der Waals surface area contributed by atoms with Crippen LogP contribution < -0.4 is 5.32 Å². The van der Waals surface area contributed by atoms with Gasteiger partial charge in [0.05, 0.1) is 0 Å². The van der Waals surface area contributed by atoms with Gasteiger partial charge < -0.3 is 5.32 Å². The van der Waals surface area contributed by atoms with Crippen molar-refractivity contribution in [2.24, 2.45) is 0 Å². The van der Waals surface area contributed by atoms with Crippen LogP contribution in [-0.4, -0.2) is 6.54 Å². The Morgan fingerprint density at radius 3 is 2.85 bits per heavy atom. The second-order valence-corrected chi connectivity index (χ2v) is 6.99. The fourth-order valence-electron chi connectivity index (χ4n) is 2.21. The maximum atomic E-state index is 13.2. The Bertz CT molecular complexity index is 527. The van der Waals surface area contributed by atoms with Crippen molar-refractivity contribution in [1.29, 1.82) is 0 Å². The summed E-state index contributed by atoms with van der Waals surface area (Å²) in [6.07, 6.45) is 3.21.